The number of amides is 1. The molecule has 2 aromatic rings. The molecule has 0 unspecified atom stereocenters. The Balaban J connectivity index is 1.56. The molecular formula is C17H19ClFN3O2. The van der Waals surface area contributed by atoms with Gasteiger partial charge in [0.1, 0.15) is 17.8 Å². The Labute approximate surface area is 144 Å². The summed E-state index contributed by atoms with van der Waals surface area (Å²) in [4.78, 5) is 16.4. The summed E-state index contributed by atoms with van der Waals surface area (Å²) in [5, 5.41) is 0.432. The standard InChI is InChI=1S/C17H19ClFN3O2/c18-16-8-14(19)2-1-12(16)10-21-3-5-22(6-4-21)17(23)13-7-15(9-20)24-11-13/h1-2,7-8,11H,3-6,9-10,20H2. The van der Waals surface area contributed by atoms with Crippen LogP contribution in [0.15, 0.2) is 34.9 Å². The van der Waals surface area contributed by atoms with Crippen molar-refractivity contribution in [2.45, 2.75) is 13.1 Å². The summed E-state index contributed by atoms with van der Waals surface area (Å²) in [5.74, 6) is 0.219. The second kappa shape index (κ2) is 7.34. The maximum absolute atomic E-state index is 13.1. The van der Waals surface area contributed by atoms with Crippen molar-refractivity contribution < 1.29 is 13.6 Å². The molecular weight excluding hydrogens is 333 g/mol. The molecule has 0 bridgehead atoms. The molecule has 0 radical (unpaired) electrons. The van der Waals surface area contributed by atoms with Crippen molar-refractivity contribution in [3.63, 3.8) is 0 Å². The zero-order chi connectivity index (χ0) is 17.1. The number of hydrogen-bond donors (Lipinski definition) is 1. The molecule has 0 aliphatic carbocycles. The first-order valence-electron chi connectivity index (χ1n) is 7.80. The van der Waals surface area contributed by atoms with Crippen molar-refractivity contribution in [3.05, 3.63) is 58.3 Å². The van der Waals surface area contributed by atoms with E-state index in [4.69, 9.17) is 21.8 Å². The maximum Gasteiger partial charge on any atom is 0.257 e. The molecule has 1 saturated heterocycles. The highest BCUT2D eigenvalue weighted by Gasteiger charge is 2.23. The molecule has 24 heavy (non-hydrogen) atoms. The molecule has 2 N–H and O–H groups in total. The van der Waals surface area contributed by atoms with Crippen LogP contribution in [0.5, 0.6) is 0 Å². The molecule has 1 aromatic carbocycles. The van der Waals surface area contributed by atoms with Crippen LogP contribution in [-0.2, 0) is 13.1 Å². The van der Waals surface area contributed by atoms with Gasteiger partial charge in [-0.05, 0) is 23.8 Å². The number of piperazine rings is 1. The van der Waals surface area contributed by atoms with E-state index in [1.54, 1.807) is 17.0 Å². The molecule has 7 heteroatoms. The fourth-order valence-electron chi connectivity index (χ4n) is 2.78. The summed E-state index contributed by atoms with van der Waals surface area (Å²) >= 11 is 6.07. The third-order valence-corrected chi connectivity index (χ3v) is 4.52. The molecule has 1 aliphatic heterocycles. The summed E-state index contributed by atoms with van der Waals surface area (Å²) < 4.78 is 18.3. The minimum atomic E-state index is -0.337. The SMILES string of the molecule is NCc1cc(C(=O)N2CCN(Cc3ccc(F)cc3Cl)CC2)co1. The van der Waals surface area contributed by atoms with Crippen LogP contribution in [0.2, 0.25) is 5.02 Å². The summed E-state index contributed by atoms with van der Waals surface area (Å²) in [6.07, 6.45) is 1.45. The molecule has 1 fully saturated rings. The lowest BCUT2D eigenvalue weighted by Crippen LogP contribution is -2.48. The Morgan fingerprint density at radius 1 is 1.25 bits per heavy atom. The summed E-state index contributed by atoms with van der Waals surface area (Å²) in [5.41, 5.74) is 6.92. The van der Waals surface area contributed by atoms with Crippen LogP contribution in [0.4, 0.5) is 4.39 Å². The van der Waals surface area contributed by atoms with E-state index in [9.17, 15) is 9.18 Å². The second-order valence-electron chi connectivity index (χ2n) is 5.81. The van der Waals surface area contributed by atoms with Crippen molar-refractivity contribution in [1.29, 1.82) is 0 Å². The van der Waals surface area contributed by atoms with Crippen molar-refractivity contribution in [2.75, 3.05) is 26.2 Å². The number of nitrogens with two attached hydrogens (primary N) is 1. The zero-order valence-electron chi connectivity index (χ0n) is 13.2. The van der Waals surface area contributed by atoms with Crippen molar-refractivity contribution >= 4 is 17.5 Å². The van der Waals surface area contributed by atoms with Crippen molar-refractivity contribution in [1.82, 2.24) is 9.80 Å². The van der Waals surface area contributed by atoms with Gasteiger partial charge in [-0.2, -0.15) is 0 Å². The third kappa shape index (κ3) is 3.77. The van der Waals surface area contributed by atoms with E-state index in [1.165, 1.54) is 18.4 Å². The van der Waals surface area contributed by atoms with Crippen LogP contribution in [-0.4, -0.2) is 41.9 Å². The molecule has 1 aromatic heterocycles. The Kier molecular flexibility index (Phi) is 5.18. The van der Waals surface area contributed by atoms with Crippen LogP contribution in [0, 0.1) is 5.82 Å². The molecule has 2 heterocycles. The van der Waals surface area contributed by atoms with E-state index >= 15 is 0 Å². The van der Waals surface area contributed by atoms with Crippen LogP contribution < -0.4 is 5.73 Å². The van der Waals surface area contributed by atoms with E-state index in [1.807, 2.05) is 0 Å². The highest BCUT2D eigenvalue weighted by Crippen LogP contribution is 2.20. The predicted octanol–water partition coefficient (Wildman–Crippen LogP) is 2.49. The van der Waals surface area contributed by atoms with Gasteiger partial charge >= 0.3 is 0 Å². The van der Waals surface area contributed by atoms with Crippen LogP contribution in [0.3, 0.4) is 0 Å². The molecule has 1 amide bonds. The third-order valence-electron chi connectivity index (χ3n) is 4.17. The van der Waals surface area contributed by atoms with Crippen molar-refractivity contribution in [2.24, 2.45) is 5.73 Å². The van der Waals surface area contributed by atoms with Gasteiger partial charge in [-0.25, -0.2) is 4.39 Å². The number of halogens is 2. The average molecular weight is 352 g/mol. The minimum absolute atomic E-state index is 0.0436. The maximum atomic E-state index is 13.1. The lowest BCUT2D eigenvalue weighted by atomic mass is 10.2. The highest BCUT2D eigenvalue weighted by atomic mass is 35.5. The fraction of sp³-hybridized carbons (Fsp3) is 0.353. The van der Waals surface area contributed by atoms with Gasteiger partial charge in [-0.1, -0.05) is 17.7 Å². The summed E-state index contributed by atoms with van der Waals surface area (Å²) in [6.45, 7) is 3.65. The van der Waals surface area contributed by atoms with Crippen molar-refractivity contribution in [3.8, 4) is 0 Å². The number of benzene rings is 1. The van der Waals surface area contributed by atoms with Crippen LogP contribution in [0.1, 0.15) is 21.7 Å². The van der Waals surface area contributed by atoms with Gasteiger partial charge in [0, 0.05) is 37.7 Å². The molecule has 128 valence electrons. The van der Waals surface area contributed by atoms with E-state index in [0.717, 1.165) is 18.7 Å². The summed E-state index contributed by atoms with van der Waals surface area (Å²) in [6, 6.07) is 6.13. The van der Waals surface area contributed by atoms with Gasteiger partial charge < -0.3 is 15.1 Å². The average Bonchev–Trinajstić information content (AvgIpc) is 3.06. The minimum Gasteiger partial charge on any atom is -0.467 e. The Bertz CT molecular complexity index is 726. The quantitative estimate of drug-likeness (QED) is 0.919. The van der Waals surface area contributed by atoms with Gasteiger partial charge in [-0.15, -0.1) is 0 Å². The van der Waals surface area contributed by atoms with Gasteiger partial charge in [-0.3, -0.25) is 9.69 Å². The largest absolute Gasteiger partial charge is 0.467 e. The Morgan fingerprint density at radius 3 is 2.62 bits per heavy atom. The smallest absolute Gasteiger partial charge is 0.257 e. The number of nitrogens with zero attached hydrogens (tertiary/aromatic N) is 2. The Hall–Kier alpha value is -1.89. The first-order chi connectivity index (χ1) is 11.6. The topological polar surface area (TPSA) is 62.7 Å². The summed E-state index contributed by atoms with van der Waals surface area (Å²) in [7, 11) is 0. The fourth-order valence-corrected chi connectivity index (χ4v) is 3.01. The number of carbonyl (C=O) groups is 1. The first kappa shape index (κ1) is 17.0. The van der Waals surface area contributed by atoms with Gasteiger partial charge in [0.15, 0.2) is 0 Å². The van der Waals surface area contributed by atoms with Gasteiger partial charge in [0.25, 0.3) is 5.91 Å². The number of carbonyl (C=O) groups excluding carboxylic acids is 1. The zero-order valence-corrected chi connectivity index (χ0v) is 13.9. The van der Waals surface area contributed by atoms with Crippen LogP contribution in [0.25, 0.3) is 0 Å². The number of furan rings is 1. The second-order valence-corrected chi connectivity index (χ2v) is 6.22. The van der Waals surface area contributed by atoms with E-state index < -0.39 is 0 Å². The molecule has 0 atom stereocenters. The number of rotatable bonds is 4. The monoisotopic (exact) mass is 351 g/mol. The Morgan fingerprint density at radius 2 is 2.00 bits per heavy atom. The molecule has 5 nitrogen and oxygen atoms in total. The number of hydrogen-bond acceptors (Lipinski definition) is 4. The predicted molar refractivity (Wildman–Crippen MR) is 89.2 cm³/mol. The van der Waals surface area contributed by atoms with E-state index in [-0.39, 0.29) is 18.3 Å². The molecule has 1 aliphatic rings. The lowest BCUT2D eigenvalue weighted by Gasteiger charge is -2.34. The van der Waals surface area contributed by atoms with Gasteiger partial charge in [0.05, 0.1) is 12.1 Å². The van der Waals surface area contributed by atoms with Crippen LogP contribution >= 0.6 is 11.6 Å². The van der Waals surface area contributed by atoms with E-state index in [2.05, 4.69) is 4.90 Å². The lowest BCUT2D eigenvalue weighted by molar-refractivity contribution is 0.0627. The molecule has 0 saturated carbocycles. The highest BCUT2D eigenvalue weighted by molar-refractivity contribution is 6.31. The molecule has 3 rings (SSSR count). The molecule has 0 spiro atoms. The first-order valence-corrected chi connectivity index (χ1v) is 8.17. The normalized spacial score (nSPS) is 15.7. The van der Waals surface area contributed by atoms with Gasteiger partial charge in [0.2, 0.25) is 0 Å². The van der Waals surface area contributed by atoms with E-state index in [0.29, 0.717) is 36.0 Å².